The highest BCUT2D eigenvalue weighted by Crippen LogP contribution is 2.44. The molecule has 11 heteroatoms. The van der Waals surface area contributed by atoms with E-state index in [9.17, 15) is 24.2 Å². The molecule has 0 heterocycles. The van der Waals surface area contributed by atoms with Crippen LogP contribution in [0.2, 0.25) is 0 Å². The Hall–Kier alpha value is -1.87. The Morgan fingerprint density at radius 1 is 1.15 bits per heavy atom. The first-order chi connectivity index (χ1) is 15.8. The van der Waals surface area contributed by atoms with Gasteiger partial charge in [-0.05, 0) is 80.6 Å². The third-order valence-corrected chi connectivity index (χ3v) is 6.91. The molecule has 34 heavy (non-hydrogen) atoms. The fourth-order valence-electron chi connectivity index (χ4n) is 3.12. The SMILES string of the molecule is CCOC(=O)CC(NC(=O)c1cc(Oc2c(Br)cc(CP(C)(=O)O)cc2Br)ccc1O)C(C)C. The average molecular weight is 621 g/mol. The Bertz CT molecular complexity index is 1080. The molecule has 0 radical (unpaired) electrons. The maximum Gasteiger partial charge on any atom is 0.307 e. The van der Waals surface area contributed by atoms with Gasteiger partial charge in [0.25, 0.3) is 5.91 Å². The van der Waals surface area contributed by atoms with Crippen LogP contribution in [0.15, 0.2) is 39.3 Å². The molecule has 2 atom stereocenters. The van der Waals surface area contributed by atoms with Crippen LogP contribution in [0.3, 0.4) is 0 Å². The fourth-order valence-corrected chi connectivity index (χ4v) is 5.42. The molecule has 8 nitrogen and oxygen atoms in total. The molecule has 0 aliphatic carbocycles. The number of carbonyl (C=O) groups is 2. The van der Waals surface area contributed by atoms with E-state index in [0.717, 1.165) is 0 Å². The van der Waals surface area contributed by atoms with E-state index >= 15 is 0 Å². The third kappa shape index (κ3) is 8.41. The second-order valence-corrected chi connectivity index (χ2v) is 12.3. The van der Waals surface area contributed by atoms with E-state index in [0.29, 0.717) is 20.3 Å². The van der Waals surface area contributed by atoms with Crippen molar-refractivity contribution in [3.8, 4) is 17.2 Å². The summed E-state index contributed by atoms with van der Waals surface area (Å²) in [6.07, 6.45) is 0.0236. The number of halogens is 2. The van der Waals surface area contributed by atoms with Crippen LogP contribution >= 0.6 is 39.2 Å². The van der Waals surface area contributed by atoms with Crippen molar-refractivity contribution in [1.29, 1.82) is 0 Å². The van der Waals surface area contributed by atoms with Crippen molar-refractivity contribution in [3.05, 3.63) is 50.4 Å². The molecule has 0 fully saturated rings. The van der Waals surface area contributed by atoms with Crippen LogP contribution in [0.1, 0.15) is 43.1 Å². The fraction of sp³-hybridized carbons (Fsp3) is 0.391. The monoisotopic (exact) mass is 619 g/mol. The summed E-state index contributed by atoms with van der Waals surface area (Å²) in [6.45, 7) is 7.00. The van der Waals surface area contributed by atoms with Gasteiger partial charge in [0.2, 0.25) is 7.37 Å². The van der Waals surface area contributed by atoms with Crippen molar-refractivity contribution in [2.75, 3.05) is 13.3 Å². The maximum atomic E-state index is 12.9. The molecule has 0 saturated heterocycles. The number of nitrogens with one attached hydrogen (secondary N) is 1. The number of amides is 1. The lowest BCUT2D eigenvalue weighted by molar-refractivity contribution is -0.143. The van der Waals surface area contributed by atoms with Gasteiger partial charge in [-0.15, -0.1) is 0 Å². The second-order valence-electron chi connectivity index (χ2n) is 8.21. The Labute approximate surface area is 215 Å². The number of hydrogen-bond acceptors (Lipinski definition) is 6. The summed E-state index contributed by atoms with van der Waals surface area (Å²) in [6, 6.07) is 7.13. The highest BCUT2D eigenvalue weighted by Gasteiger charge is 2.23. The zero-order valence-electron chi connectivity index (χ0n) is 19.3. The van der Waals surface area contributed by atoms with Gasteiger partial charge in [0.1, 0.15) is 11.5 Å². The van der Waals surface area contributed by atoms with Gasteiger partial charge < -0.3 is 24.8 Å². The van der Waals surface area contributed by atoms with Gasteiger partial charge in [-0.25, -0.2) is 0 Å². The van der Waals surface area contributed by atoms with Crippen molar-refractivity contribution in [3.63, 3.8) is 0 Å². The molecule has 0 spiro atoms. The second kappa shape index (κ2) is 12.2. The van der Waals surface area contributed by atoms with E-state index in [2.05, 4.69) is 37.2 Å². The first-order valence-corrected chi connectivity index (χ1v) is 14.4. The number of phenolic OH excluding ortho intramolecular Hbond substituents is 1. The summed E-state index contributed by atoms with van der Waals surface area (Å²) in [7, 11) is -3.25. The number of rotatable bonds is 10. The first kappa shape index (κ1) is 28.4. The van der Waals surface area contributed by atoms with Crippen LogP contribution in [0.4, 0.5) is 0 Å². The van der Waals surface area contributed by atoms with Gasteiger partial charge >= 0.3 is 5.97 Å². The number of ether oxygens (including phenoxy) is 2. The Morgan fingerprint density at radius 2 is 1.76 bits per heavy atom. The highest BCUT2D eigenvalue weighted by molar-refractivity contribution is 9.11. The molecule has 186 valence electrons. The van der Waals surface area contributed by atoms with E-state index in [1.807, 2.05) is 13.8 Å². The maximum absolute atomic E-state index is 12.9. The van der Waals surface area contributed by atoms with Crippen LogP contribution in [0.25, 0.3) is 0 Å². The Kier molecular flexibility index (Phi) is 10.2. The normalized spacial score (nSPS) is 13.8. The van der Waals surface area contributed by atoms with Crippen LogP contribution in [0.5, 0.6) is 17.2 Å². The molecule has 3 N–H and O–H groups in total. The van der Waals surface area contributed by atoms with Gasteiger partial charge in [0.15, 0.2) is 5.75 Å². The molecular formula is C23H28Br2NO7P. The van der Waals surface area contributed by atoms with Gasteiger partial charge in [-0.3, -0.25) is 14.2 Å². The van der Waals surface area contributed by atoms with Gasteiger partial charge in [0.05, 0.1) is 27.5 Å². The summed E-state index contributed by atoms with van der Waals surface area (Å²) < 4.78 is 23.7. The molecule has 2 rings (SSSR count). The summed E-state index contributed by atoms with van der Waals surface area (Å²) in [5.41, 5.74) is 0.634. The molecular weight excluding hydrogens is 593 g/mol. The first-order valence-electron chi connectivity index (χ1n) is 10.5. The standard InChI is InChI=1S/C23H28Br2NO7P/c1-5-32-21(28)11-19(13(2)3)26-23(29)16-10-15(6-7-20(16)27)33-22-17(24)8-14(9-18(22)25)12-34(4,30)31/h6-10,13,19,27H,5,11-12H2,1-4H3,(H,26,29)(H,30,31). The summed E-state index contributed by atoms with van der Waals surface area (Å²) in [4.78, 5) is 34.4. The van der Waals surface area contributed by atoms with E-state index in [1.54, 1.807) is 19.1 Å². The predicted molar refractivity (Wildman–Crippen MR) is 137 cm³/mol. The minimum Gasteiger partial charge on any atom is -0.507 e. The lowest BCUT2D eigenvalue weighted by atomic mass is 10.00. The van der Waals surface area contributed by atoms with Crippen LogP contribution < -0.4 is 10.1 Å². The Balaban J connectivity index is 2.25. The summed E-state index contributed by atoms with van der Waals surface area (Å²) >= 11 is 6.82. The minimum absolute atomic E-state index is 0.0107. The van der Waals surface area contributed by atoms with Crippen molar-refractivity contribution >= 4 is 51.1 Å². The number of carbonyl (C=O) groups excluding carboxylic acids is 2. The molecule has 1 amide bonds. The molecule has 0 aliphatic rings. The number of benzene rings is 2. The zero-order valence-corrected chi connectivity index (χ0v) is 23.4. The lowest BCUT2D eigenvalue weighted by Crippen LogP contribution is -2.40. The largest absolute Gasteiger partial charge is 0.507 e. The number of phenols is 1. The molecule has 0 saturated carbocycles. The van der Waals surface area contributed by atoms with E-state index in [4.69, 9.17) is 9.47 Å². The van der Waals surface area contributed by atoms with Gasteiger partial charge in [0, 0.05) is 18.9 Å². The molecule has 2 aromatic rings. The molecule has 2 unspecified atom stereocenters. The number of aromatic hydroxyl groups is 1. The van der Waals surface area contributed by atoms with Crippen molar-refractivity contribution in [2.24, 2.45) is 5.92 Å². The molecule has 0 aliphatic heterocycles. The van der Waals surface area contributed by atoms with E-state index < -0.39 is 25.3 Å². The number of hydrogen-bond donors (Lipinski definition) is 3. The van der Waals surface area contributed by atoms with Crippen molar-refractivity contribution < 1.29 is 33.6 Å². The zero-order chi connectivity index (χ0) is 25.6. The minimum atomic E-state index is -3.25. The van der Waals surface area contributed by atoms with Crippen LogP contribution in [-0.2, 0) is 20.3 Å². The van der Waals surface area contributed by atoms with E-state index in [1.165, 1.54) is 24.9 Å². The van der Waals surface area contributed by atoms with Gasteiger partial charge in [-0.1, -0.05) is 13.8 Å². The topological polar surface area (TPSA) is 122 Å². The third-order valence-electron chi connectivity index (χ3n) is 4.78. The highest BCUT2D eigenvalue weighted by atomic mass is 79.9. The quantitative estimate of drug-likeness (QED) is 0.226. The number of esters is 1. The van der Waals surface area contributed by atoms with Crippen molar-refractivity contribution in [1.82, 2.24) is 5.32 Å². The molecule has 2 aromatic carbocycles. The molecule has 0 aromatic heterocycles. The summed E-state index contributed by atoms with van der Waals surface area (Å²) in [5.74, 6) is -0.571. The van der Waals surface area contributed by atoms with Crippen LogP contribution in [-0.4, -0.2) is 41.2 Å². The lowest BCUT2D eigenvalue weighted by Gasteiger charge is -2.22. The smallest absolute Gasteiger partial charge is 0.307 e. The van der Waals surface area contributed by atoms with Crippen LogP contribution in [0, 0.1) is 5.92 Å². The van der Waals surface area contributed by atoms with Crippen molar-refractivity contribution in [2.45, 2.75) is 39.4 Å². The summed E-state index contributed by atoms with van der Waals surface area (Å²) in [5, 5.41) is 13.0. The predicted octanol–water partition coefficient (Wildman–Crippen LogP) is 5.82. The molecule has 0 bridgehead atoms. The van der Waals surface area contributed by atoms with Gasteiger partial charge in [-0.2, -0.15) is 0 Å². The van der Waals surface area contributed by atoms with E-state index in [-0.39, 0.29) is 42.2 Å². The average Bonchev–Trinajstić information content (AvgIpc) is 2.70. The Morgan fingerprint density at radius 3 is 2.29 bits per heavy atom.